The van der Waals surface area contributed by atoms with E-state index in [1.165, 1.54) is 16.2 Å². The zero-order valence-corrected chi connectivity index (χ0v) is 18.2. The number of carbonyl (C=O) groups excluding carboxylic acids is 2. The Kier molecular flexibility index (Phi) is 7.31. The number of fused-ring (bicyclic) bond motifs is 1. The van der Waals surface area contributed by atoms with Gasteiger partial charge in [0.1, 0.15) is 10.8 Å². The fraction of sp³-hybridized carbons (Fsp3) is 0.478. The smallest absolute Gasteiger partial charge is 0.341 e. The van der Waals surface area contributed by atoms with Crippen molar-refractivity contribution >= 4 is 28.2 Å². The van der Waals surface area contributed by atoms with Crippen LogP contribution < -0.4 is 10.1 Å². The van der Waals surface area contributed by atoms with Crippen LogP contribution in [0.4, 0.5) is 5.00 Å². The number of benzene rings is 1. The zero-order valence-electron chi connectivity index (χ0n) is 17.4. The minimum atomic E-state index is -0.336. The topological polar surface area (TPSA) is 64.6 Å². The highest BCUT2D eigenvalue weighted by atomic mass is 32.1. The van der Waals surface area contributed by atoms with Gasteiger partial charge < -0.3 is 14.8 Å². The highest BCUT2D eigenvalue weighted by Gasteiger charge is 2.30. The third-order valence-electron chi connectivity index (χ3n) is 5.19. The summed E-state index contributed by atoms with van der Waals surface area (Å²) >= 11 is 1.52. The molecule has 1 N–H and O–H groups in total. The molecule has 1 unspecified atom stereocenters. The van der Waals surface area contributed by atoms with Crippen LogP contribution in [-0.2, 0) is 16.0 Å². The molecule has 2 aromatic rings. The average Bonchev–Trinajstić information content (AvgIpc) is 3.06. The van der Waals surface area contributed by atoms with Crippen LogP contribution in [0.3, 0.4) is 0 Å². The standard InChI is InChI=1S/C23H29NO4S/c1-4-27-23(26)21-20-16(3)10-7-12-18(20)29-22(21)24-19(25)13-8-14-28-17-11-6-5-9-15(17)2/h5-6,9,11,16H,4,7-8,10,12-14H2,1-3H3,(H,24,25). The van der Waals surface area contributed by atoms with Crippen LogP contribution in [-0.4, -0.2) is 25.1 Å². The van der Waals surface area contributed by atoms with E-state index in [-0.39, 0.29) is 11.9 Å². The number of hydrogen-bond donors (Lipinski definition) is 1. The van der Waals surface area contributed by atoms with Gasteiger partial charge in [0.05, 0.1) is 18.8 Å². The number of carbonyl (C=O) groups is 2. The van der Waals surface area contributed by atoms with Gasteiger partial charge in [-0.05, 0) is 62.6 Å². The Hall–Kier alpha value is -2.34. The van der Waals surface area contributed by atoms with Crippen molar-refractivity contribution in [3.63, 3.8) is 0 Å². The maximum atomic E-state index is 12.6. The molecular formula is C23H29NO4S. The molecule has 156 valence electrons. The van der Waals surface area contributed by atoms with Crippen LogP contribution in [0.1, 0.15) is 71.8 Å². The molecule has 1 atom stereocenters. The molecule has 1 aliphatic carbocycles. The predicted octanol–water partition coefficient (Wildman–Crippen LogP) is 5.47. The van der Waals surface area contributed by atoms with Gasteiger partial charge in [-0.2, -0.15) is 0 Å². The molecule has 0 fully saturated rings. The molecule has 0 spiro atoms. The monoisotopic (exact) mass is 415 g/mol. The molecule has 1 aliphatic rings. The van der Waals surface area contributed by atoms with E-state index >= 15 is 0 Å². The van der Waals surface area contributed by atoms with Crippen LogP contribution in [0.2, 0.25) is 0 Å². The maximum Gasteiger partial charge on any atom is 0.341 e. The number of rotatable bonds is 8. The van der Waals surface area contributed by atoms with Gasteiger partial charge >= 0.3 is 5.97 Å². The first-order valence-electron chi connectivity index (χ1n) is 10.3. The van der Waals surface area contributed by atoms with Gasteiger partial charge in [-0.25, -0.2) is 4.79 Å². The molecule has 29 heavy (non-hydrogen) atoms. The van der Waals surface area contributed by atoms with Gasteiger partial charge in [0.2, 0.25) is 5.91 Å². The largest absolute Gasteiger partial charge is 0.493 e. The lowest BCUT2D eigenvalue weighted by atomic mass is 9.86. The van der Waals surface area contributed by atoms with Gasteiger partial charge in [-0.1, -0.05) is 25.1 Å². The van der Waals surface area contributed by atoms with Crippen molar-refractivity contribution in [2.75, 3.05) is 18.5 Å². The minimum absolute atomic E-state index is 0.102. The first kappa shape index (κ1) is 21.4. The van der Waals surface area contributed by atoms with E-state index in [1.807, 2.05) is 31.2 Å². The van der Waals surface area contributed by atoms with Crippen LogP contribution in [0.15, 0.2) is 24.3 Å². The summed E-state index contributed by atoms with van der Waals surface area (Å²) in [4.78, 5) is 26.3. The number of esters is 1. The summed E-state index contributed by atoms with van der Waals surface area (Å²) in [7, 11) is 0. The SMILES string of the molecule is CCOC(=O)c1c(NC(=O)CCCOc2ccccc2C)sc2c1C(C)CCC2. The summed E-state index contributed by atoms with van der Waals surface area (Å²) in [5, 5.41) is 3.59. The van der Waals surface area contributed by atoms with Crippen molar-refractivity contribution < 1.29 is 19.1 Å². The summed E-state index contributed by atoms with van der Waals surface area (Å²) in [6.45, 7) is 6.73. The summed E-state index contributed by atoms with van der Waals surface area (Å²) in [5.74, 6) is 0.715. The maximum absolute atomic E-state index is 12.6. The molecule has 0 aliphatic heterocycles. The van der Waals surface area contributed by atoms with E-state index in [2.05, 4.69) is 12.2 Å². The van der Waals surface area contributed by atoms with Gasteiger partial charge in [0.15, 0.2) is 0 Å². The summed E-state index contributed by atoms with van der Waals surface area (Å²) in [6, 6.07) is 7.83. The quantitative estimate of drug-likeness (QED) is 0.459. The fourth-order valence-corrected chi connectivity index (χ4v) is 5.09. The Bertz CT molecular complexity index is 874. The predicted molar refractivity (Wildman–Crippen MR) is 116 cm³/mol. The highest BCUT2D eigenvalue weighted by Crippen LogP contribution is 2.43. The van der Waals surface area contributed by atoms with Crippen LogP contribution in [0, 0.1) is 6.92 Å². The second kappa shape index (κ2) is 9.92. The molecule has 5 nitrogen and oxygen atoms in total. The molecular weight excluding hydrogens is 386 g/mol. The number of hydrogen-bond acceptors (Lipinski definition) is 5. The van der Waals surface area contributed by atoms with E-state index < -0.39 is 0 Å². The van der Waals surface area contributed by atoms with Crippen LogP contribution in [0.5, 0.6) is 5.75 Å². The van der Waals surface area contributed by atoms with Crippen molar-refractivity contribution in [3.8, 4) is 5.75 Å². The third kappa shape index (κ3) is 5.18. The van der Waals surface area contributed by atoms with Crippen LogP contribution in [0.25, 0.3) is 0 Å². The van der Waals surface area contributed by atoms with Crippen molar-refractivity contribution in [1.82, 2.24) is 0 Å². The summed E-state index contributed by atoms with van der Waals surface area (Å²) < 4.78 is 11.0. The Labute approximate surface area is 176 Å². The lowest BCUT2D eigenvalue weighted by Gasteiger charge is -2.19. The lowest BCUT2D eigenvalue weighted by molar-refractivity contribution is -0.116. The Balaban J connectivity index is 1.62. The molecule has 6 heteroatoms. The van der Waals surface area contributed by atoms with Gasteiger partial charge in [0, 0.05) is 11.3 Å². The molecule has 0 bridgehead atoms. The normalized spacial score (nSPS) is 15.5. The first-order valence-corrected chi connectivity index (χ1v) is 11.1. The summed E-state index contributed by atoms with van der Waals surface area (Å²) in [5.41, 5.74) is 2.70. The van der Waals surface area contributed by atoms with Crippen molar-refractivity contribution in [2.24, 2.45) is 0 Å². The molecule has 3 rings (SSSR count). The van der Waals surface area contributed by atoms with E-state index in [1.54, 1.807) is 6.92 Å². The van der Waals surface area contributed by atoms with Crippen molar-refractivity contribution in [3.05, 3.63) is 45.8 Å². The Morgan fingerprint density at radius 3 is 2.83 bits per heavy atom. The first-order chi connectivity index (χ1) is 14.0. The van der Waals surface area contributed by atoms with Crippen molar-refractivity contribution in [1.29, 1.82) is 0 Å². The second-order valence-electron chi connectivity index (χ2n) is 7.42. The molecule has 1 aromatic heterocycles. The number of para-hydroxylation sites is 1. The third-order valence-corrected chi connectivity index (χ3v) is 6.37. The number of aryl methyl sites for hydroxylation is 2. The van der Waals surface area contributed by atoms with E-state index in [4.69, 9.17) is 9.47 Å². The molecule has 0 saturated heterocycles. The molecule has 1 amide bonds. The van der Waals surface area contributed by atoms with Gasteiger partial charge in [0.25, 0.3) is 0 Å². The van der Waals surface area contributed by atoms with E-state index in [0.29, 0.717) is 42.5 Å². The second-order valence-corrected chi connectivity index (χ2v) is 8.53. The van der Waals surface area contributed by atoms with Crippen molar-refractivity contribution in [2.45, 2.75) is 58.8 Å². The molecule has 1 aromatic carbocycles. The number of nitrogens with one attached hydrogen (secondary N) is 1. The molecule has 1 heterocycles. The summed E-state index contributed by atoms with van der Waals surface area (Å²) in [6.07, 6.45) is 4.07. The number of thiophene rings is 1. The lowest BCUT2D eigenvalue weighted by Crippen LogP contribution is -2.17. The zero-order chi connectivity index (χ0) is 20.8. The minimum Gasteiger partial charge on any atom is -0.493 e. The van der Waals surface area contributed by atoms with E-state index in [9.17, 15) is 9.59 Å². The average molecular weight is 416 g/mol. The fourth-order valence-electron chi connectivity index (χ4n) is 3.73. The molecule has 0 radical (unpaired) electrons. The highest BCUT2D eigenvalue weighted by molar-refractivity contribution is 7.17. The Morgan fingerprint density at radius 1 is 1.28 bits per heavy atom. The van der Waals surface area contributed by atoms with Crippen LogP contribution >= 0.6 is 11.3 Å². The number of anilines is 1. The number of ether oxygens (including phenoxy) is 2. The number of amides is 1. The Morgan fingerprint density at radius 2 is 2.07 bits per heavy atom. The van der Waals surface area contributed by atoms with E-state index in [0.717, 1.165) is 36.1 Å². The van der Waals surface area contributed by atoms with Gasteiger partial charge in [-0.3, -0.25) is 4.79 Å². The van der Waals surface area contributed by atoms with Gasteiger partial charge in [-0.15, -0.1) is 11.3 Å². The molecule has 0 saturated carbocycles.